The average Bonchev–Trinajstić information content (AvgIpc) is 2.53. The lowest BCUT2D eigenvalue weighted by Crippen LogP contribution is -2.26. The summed E-state index contributed by atoms with van der Waals surface area (Å²) in [5.74, 6) is 0. The number of aromatic nitrogens is 1. The fourth-order valence-corrected chi connectivity index (χ4v) is 2.18. The molecule has 0 aliphatic heterocycles. The van der Waals surface area contributed by atoms with Gasteiger partial charge in [0, 0.05) is 6.20 Å². The third-order valence-corrected chi connectivity index (χ3v) is 3.41. The van der Waals surface area contributed by atoms with Crippen LogP contribution in [-0.4, -0.2) is 22.7 Å². The molecule has 1 heterocycles. The zero-order chi connectivity index (χ0) is 14.2. The summed E-state index contributed by atoms with van der Waals surface area (Å²) < 4.78 is 0. The largest absolute Gasteiger partial charge is 0.393 e. The third kappa shape index (κ3) is 4.15. The Labute approximate surface area is 120 Å². The van der Waals surface area contributed by atoms with Crippen molar-refractivity contribution in [2.75, 3.05) is 6.54 Å². The van der Waals surface area contributed by atoms with Gasteiger partial charge in [-0.3, -0.25) is 4.98 Å². The molecule has 0 aliphatic rings. The molecule has 0 bridgehead atoms. The normalized spacial score (nSPS) is 13.9. The van der Waals surface area contributed by atoms with Gasteiger partial charge in [0.1, 0.15) is 0 Å². The summed E-state index contributed by atoms with van der Waals surface area (Å²) in [6.07, 6.45) is 3.13. The zero-order valence-electron chi connectivity index (χ0n) is 11.9. The van der Waals surface area contributed by atoms with Crippen molar-refractivity contribution in [1.82, 2.24) is 10.3 Å². The average molecular weight is 270 g/mol. The van der Waals surface area contributed by atoms with Gasteiger partial charge in [-0.05, 0) is 37.1 Å². The first kappa shape index (κ1) is 14.7. The van der Waals surface area contributed by atoms with Crippen LogP contribution >= 0.6 is 0 Å². The van der Waals surface area contributed by atoms with E-state index in [0.29, 0.717) is 0 Å². The van der Waals surface area contributed by atoms with E-state index in [0.717, 1.165) is 25.1 Å². The SMILES string of the molecule is CCC(O)CCNC(c1ccccc1)c1ccccn1. The molecule has 3 heteroatoms. The van der Waals surface area contributed by atoms with Gasteiger partial charge in [0.15, 0.2) is 0 Å². The maximum atomic E-state index is 9.66. The highest BCUT2D eigenvalue weighted by Crippen LogP contribution is 2.19. The van der Waals surface area contributed by atoms with Crippen LogP contribution in [0.5, 0.6) is 0 Å². The molecule has 0 fully saturated rings. The number of benzene rings is 1. The van der Waals surface area contributed by atoms with Gasteiger partial charge in [-0.25, -0.2) is 0 Å². The van der Waals surface area contributed by atoms with Crippen molar-refractivity contribution < 1.29 is 5.11 Å². The van der Waals surface area contributed by atoms with Crippen LogP contribution in [0.1, 0.15) is 37.1 Å². The summed E-state index contributed by atoms with van der Waals surface area (Å²) in [4.78, 5) is 4.45. The second-order valence-electron chi connectivity index (χ2n) is 4.90. The number of aliphatic hydroxyl groups excluding tert-OH is 1. The van der Waals surface area contributed by atoms with Crippen LogP contribution in [0.25, 0.3) is 0 Å². The summed E-state index contributed by atoms with van der Waals surface area (Å²) >= 11 is 0. The van der Waals surface area contributed by atoms with Gasteiger partial charge in [-0.1, -0.05) is 43.3 Å². The third-order valence-electron chi connectivity index (χ3n) is 3.41. The van der Waals surface area contributed by atoms with Crippen LogP contribution in [0.4, 0.5) is 0 Å². The van der Waals surface area contributed by atoms with Gasteiger partial charge in [0.25, 0.3) is 0 Å². The molecular weight excluding hydrogens is 248 g/mol. The van der Waals surface area contributed by atoms with E-state index in [-0.39, 0.29) is 12.1 Å². The van der Waals surface area contributed by atoms with Crippen molar-refractivity contribution >= 4 is 0 Å². The first-order chi connectivity index (χ1) is 9.81. The van der Waals surface area contributed by atoms with Gasteiger partial charge in [-0.15, -0.1) is 0 Å². The van der Waals surface area contributed by atoms with Crippen molar-refractivity contribution in [3.05, 3.63) is 66.0 Å². The second kappa shape index (κ2) is 7.78. The smallest absolute Gasteiger partial charge is 0.0751 e. The van der Waals surface area contributed by atoms with E-state index in [4.69, 9.17) is 0 Å². The maximum absolute atomic E-state index is 9.66. The molecule has 20 heavy (non-hydrogen) atoms. The highest BCUT2D eigenvalue weighted by atomic mass is 16.3. The molecule has 0 aliphatic carbocycles. The second-order valence-corrected chi connectivity index (χ2v) is 4.90. The highest BCUT2D eigenvalue weighted by Gasteiger charge is 2.14. The number of hydrogen-bond acceptors (Lipinski definition) is 3. The van der Waals surface area contributed by atoms with Crippen molar-refractivity contribution in [2.24, 2.45) is 0 Å². The molecule has 0 spiro atoms. The molecule has 2 N–H and O–H groups in total. The number of aliphatic hydroxyl groups is 1. The molecule has 2 aromatic rings. The van der Waals surface area contributed by atoms with Crippen molar-refractivity contribution in [3.63, 3.8) is 0 Å². The molecule has 106 valence electrons. The summed E-state index contributed by atoms with van der Waals surface area (Å²) in [5, 5.41) is 13.2. The molecular formula is C17H22N2O. The van der Waals surface area contributed by atoms with E-state index in [1.807, 2.05) is 49.5 Å². The quantitative estimate of drug-likeness (QED) is 0.813. The van der Waals surface area contributed by atoms with Crippen molar-refractivity contribution in [2.45, 2.75) is 31.9 Å². The van der Waals surface area contributed by atoms with Gasteiger partial charge >= 0.3 is 0 Å². The first-order valence-corrected chi connectivity index (χ1v) is 7.18. The topological polar surface area (TPSA) is 45.1 Å². The lowest BCUT2D eigenvalue weighted by molar-refractivity contribution is 0.159. The molecule has 2 atom stereocenters. The van der Waals surface area contributed by atoms with Crippen LogP contribution in [0.3, 0.4) is 0 Å². The van der Waals surface area contributed by atoms with Crippen molar-refractivity contribution in [3.8, 4) is 0 Å². The van der Waals surface area contributed by atoms with E-state index in [1.165, 1.54) is 5.56 Å². The standard InChI is InChI=1S/C17H22N2O/c1-2-15(20)11-13-19-17(14-8-4-3-5-9-14)16-10-6-7-12-18-16/h3-10,12,15,17,19-20H,2,11,13H2,1H3. The fraction of sp³-hybridized carbons (Fsp3) is 0.353. The Morgan fingerprint density at radius 1 is 1.10 bits per heavy atom. The Hall–Kier alpha value is -1.71. The molecule has 3 nitrogen and oxygen atoms in total. The Bertz CT molecular complexity index is 447. The van der Waals surface area contributed by atoms with Crippen molar-refractivity contribution in [1.29, 1.82) is 0 Å². The monoisotopic (exact) mass is 270 g/mol. The first-order valence-electron chi connectivity index (χ1n) is 7.18. The van der Waals surface area contributed by atoms with Crippen LogP contribution < -0.4 is 5.32 Å². The number of rotatable bonds is 7. The van der Waals surface area contributed by atoms with E-state index in [1.54, 1.807) is 0 Å². The van der Waals surface area contributed by atoms with Gasteiger partial charge < -0.3 is 10.4 Å². The Kier molecular flexibility index (Phi) is 5.71. The van der Waals surface area contributed by atoms with Gasteiger partial charge in [0.05, 0.1) is 17.8 Å². The van der Waals surface area contributed by atoms with Gasteiger partial charge in [-0.2, -0.15) is 0 Å². The molecule has 0 saturated carbocycles. The highest BCUT2D eigenvalue weighted by molar-refractivity contribution is 5.27. The minimum Gasteiger partial charge on any atom is -0.393 e. The Balaban J connectivity index is 2.09. The van der Waals surface area contributed by atoms with Crippen LogP contribution in [0.2, 0.25) is 0 Å². The van der Waals surface area contributed by atoms with Crippen LogP contribution in [0.15, 0.2) is 54.7 Å². The number of nitrogens with zero attached hydrogens (tertiary/aromatic N) is 1. The predicted octanol–water partition coefficient (Wildman–Crippen LogP) is 2.92. The molecule has 1 aromatic heterocycles. The van der Waals surface area contributed by atoms with E-state index in [2.05, 4.69) is 22.4 Å². The molecule has 0 radical (unpaired) electrons. The lowest BCUT2D eigenvalue weighted by atomic mass is 10.0. The van der Waals surface area contributed by atoms with Gasteiger partial charge in [0.2, 0.25) is 0 Å². The van der Waals surface area contributed by atoms with E-state index < -0.39 is 0 Å². The summed E-state index contributed by atoms with van der Waals surface area (Å²) in [6.45, 7) is 2.77. The Morgan fingerprint density at radius 2 is 1.85 bits per heavy atom. The molecule has 2 rings (SSSR count). The van der Waals surface area contributed by atoms with E-state index in [9.17, 15) is 5.11 Å². The summed E-state index contributed by atoms with van der Waals surface area (Å²) in [6, 6.07) is 16.3. The summed E-state index contributed by atoms with van der Waals surface area (Å²) in [5.41, 5.74) is 2.20. The summed E-state index contributed by atoms with van der Waals surface area (Å²) in [7, 11) is 0. The predicted molar refractivity (Wildman–Crippen MR) is 81.4 cm³/mol. The van der Waals surface area contributed by atoms with Crippen LogP contribution in [0, 0.1) is 0 Å². The fourth-order valence-electron chi connectivity index (χ4n) is 2.18. The molecule has 0 saturated heterocycles. The Morgan fingerprint density at radius 3 is 2.50 bits per heavy atom. The minimum absolute atomic E-state index is 0.0708. The zero-order valence-corrected chi connectivity index (χ0v) is 11.9. The molecule has 1 aromatic carbocycles. The minimum atomic E-state index is -0.234. The number of hydrogen-bond donors (Lipinski definition) is 2. The number of nitrogens with one attached hydrogen (secondary N) is 1. The lowest BCUT2D eigenvalue weighted by Gasteiger charge is -2.19. The van der Waals surface area contributed by atoms with E-state index >= 15 is 0 Å². The number of pyridine rings is 1. The maximum Gasteiger partial charge on any atom is 0.0751 e. The molecule has 2 unspecified atom stereocenters. The molecule has 0 amide bonds. The van der Waals surface area contributed by atoms with Crippen LogP contribution in [-0.2, 0) is 0 Å².